The minimum atomic E-state index is -0.735. The first-order chi connectivity index (χ1) is 12.1. The molecule has 0 aliphatic carbocycles. The third-order valence-electron chi connectivity index (χ3n) is 4.59. The molecule has 0 radical (unpaired) electrons. The maximum absolute atomic E-state index is 12.4. The van der Waals surface area contributed by atoms with Gasteiger partial charge < -0.3 is 10.4 Å². The Morgan fingerprint density at radius 1 is 1.00 bits per heavy atom. The number of likely N-dealkylation sites (tertiary alicyclic amines) is 1. The average molecular weight is 338 g/mol. The first kappa shape index (κ1) is 17.2. The molecular formula is C20H22N2O3. The molecule has 25 heavy (non-hydrogen) atoms. The number of nitrogens with zero attached hydrogens (tertiary/aromatic N) is 1. The number of para-hydroxylation sites is 1. The van der Waals surface area contributed by atoms with Crippen LogP contribution in [-0.4, -0.2) is 41.5 Å². The van der Waals surface area contributed by atoms with Gasteiger partial charge in [-0.15, -0.1) is 0 Å². The molecule has 2 aromatic carbocycles. The molecule has 0 bridgehead atoms. The van der Waals surface area contributed by atoms with Crippen LogP contribution in [-0.2, 0) is 9.59 Å². The van der Waals surface area contributed by atoms with Gasteiger partial charge in [-0.1, -0.05) is 48.5 Å². The number of carboxylic acid groups (broad SMARTS) is 1. The Balaban J connectivity index is 1.62. The molecule has 0 unspecified atom stereocenters. The fourth-order valence-corrected chi connectivity index (χ4v) is 3.19. The van der Waals surface area contributed by atoms with Crippen LogP contribution in [0.15, 0.2) is 54.6 Å². The van der Waals surface area contributed by atoms with Crippen molar-refractivity contribution in [1.29, 1.82) is 0 Å². The lowest BCUT2D eigenvalue weighted by atomic mass is 9.97. The molecule has 130 valence electrons. The molecule has 1 saturated heterocycles. The van der Waals surface area contributed by atoms with Crippen LogP contribution >= 0.6 is 0 Å². The van der Waals surface area contributed by atoms with Crippen LogP contribution in [0.5, 0.6) is 0 Å². The summed E-state index contributed by atoms with van der Waals surface area (Å²) < 4.78 is 0. The van der Waals surface area contributed by atoms with Gasteiger partial charge in [0.25, 0.3) is 0 Å². The van der Waals surface area contributed by atoms with E-state index in [-0.39, 0.29) is 18.4 Å². The number of anilines is 1. The topological polar surface area (TPSA) is 69.6 Å². The van der Waals surface area contributed by atoms with Gasteiger partial charge in [0.2, 0.25) is 5.91 Å². The van der Waals surface area contributed by atoms with E-state index in [1.807, 2.05) is 59.5 Å². The van der Waals surface area contributed by atoms with Crippen molar-refractivity contribution in [1.82, 2.24) is 4.90 Å². The number of hydrogen-bond donors (Lipinski definition) is 2. The monoisotopic (exact) mass is 338 g/mol. The highest BCUT2D eigenvalue weighted by Crippen LogP contribution is 2.27. The van der Waals surface area contributed by atoms with Gasteiger partial charge in [0.1, 0.15) is 0 Å². The van der Waals surface area contributed by atoms with Crippen molar-refractivity contribution in [2.75, 3.05) is 25.0 Å². The summed E-state index contributed by atoms with van der Waals surface area (Å²) in [6, 6.07) is 17.7. The highest BCUT2D eigenvalue weighted by molar-refractivity contribution is 5.96. The second-order valence-electron chi connectivity index (χ2n) is 6.35. The number of piperidine rings is 1. The van der Waals surface area contributed by atoms with E-state index in [2.05, 4.69) is 5.32 Å². The highest BCUT2D eigenvalue weighted by Gasteiger charge is 2.25. The molecule has 1 aliphatic rings. The summed E-state index contributed by atoms with van der Waals surface area (Å²) in [5.41, 5.74) is 2.83. The van der Waals surface area contributed by atoms with E-state index in [0.717, 1.165) is 16.8 Å². The Hall–Kier alpha value is -2.66. The number of carbonyl (C=O) groups is 2. The average Bonchev–Trinajstić information content (AvgIpc) is 2.63. The van der Waals surface area contributed by atoms with E-state index >= 15 is 0 Å². The van der Waals surface area contributed by atoms with Crippen LogP contribution < -0.4 is 5.32 Å². The molecule has 0 spiro atoms. The molecular weight excluding hydrogens is 316 g/mol. The molecule has 2 N–H and O–H groups in total. The molecule has 1 aliphatic heterocycles. The van der Waals surface area contributed by atoms with E-state index in [1.54, 1.807) is 0 Å². The molecule has 2 aromatic rings. The van der Waals surface area contributed by atoms with E-state index in [4.69, 9.17) is 5.11 Å². The van der Waals surface area contributed by atoms with Crippen molar-refractivity contribution in [3.8, 4) is 11.1 Å². The predicted molar refractivity (Wildman–Crippen MR) is 97.3 cm³/mol. The Kier molecular flexibility index (Phi) is 5.46. The molecule has 0 atom stereocenters. The molecule has 5 heteroatoms. The lowest BCUT2D eigenvalue weighted by Crippen LogP contribution is -2.40. The van der Waals surface area contributed by atoms with Crippen molar-refractivity contribution in [2.24, 2.45) is 5.92 Å². The summed E-state index contributed by atoms with van der Waals surface area (Å²) in [7, 11) is 0. The van der Waals surface area contributed by atoms with Gasteiger partial charge in [-0.25, -0.2) is 0 Å². The van der Waals surface area contributed by atoms with Crippen LogP contribution in [0.3, 0.4) is 0 Å². The van der Waals surface area contributed by atoms with Crippen LogP contribution in [0.4, 0.5) is 5.69 Å². The number of hydrogen-bond acceptors (Lipinski definition) is 3. The fourth-order valence-electron chi connectivity index (χ4n) is 3.19. The Bertz CT molecular complexity index is 738. The van der Waals surface area contributed by atoms with Gasteiger partial charge in [-0.3, -0.25) is 14.5 Å². The zero-order valence-electron chi connectivity index (χ0n) is 14.0. The van der Waals surface area contributed by atoms with Crippen LogP contribution in [0.25, 0.3) is 11.1 Å². The maximum Gasteiger partial charge on any atom is 0.306 e. The standard InChI is InChI=1S/C20H22N2O3/c23-19(14-22-12-10-16(11-13-22)20(24)25)21-18-9-5-4-8-17(18)15-6-2-1-3-7-15/h1-9,16H,10-14H2,(H,21,23)(H,24,25). The van der Waals surface area contributed by atoms with Crippen molar-refractivity contribution in [3.05, 3.63) is 54.6 Å². The predicted octanol–water partition coefficient (Wildman–Crippen LogP) is 3.09. The molecule has 1 fully saturated rings. The molecule has 1 amide bonds. The fraction of sp³-hybridized carbons (Fsp3) is 0.300. The van der Waals surface area contributed by atoms with Crippen LogP contribution in [0.1, 0.15) is 12.8 Å². The molecule has 0 saturated carbocycles. The molecule has 5 nitrogen and oxygen atoms in total. The summed E-state index contributed by atoms with van der Waals surface area (Å²) in [6.45, 7) is 1.57. The van der Waals surface area contributed by atoms with Crippen LogP contribution in [0.2, 0.25) is 0 Å². The number of aliphatic carboxylic acids is 1. The van der Waals surface area contributed by atoms with E-state index in [0.29, 0.717) is 25.9 Å². The second kappa shape index (κ2) is 7.94. The number of nitrogens with one attached hydrogen (secondary N) is 1. The largest absolute Gasteiger partial charge is 0.481 e. The number of amides is 1. The van der Waals surface area contributed by atoms with Crippen molar-refractivity contribution in [3.63, 3.8) is 0 Å². The Labute approximate surface area is 147 Å². The van der Waals surface area contributed by atoms with Gasteiger partial charge in [0.15, 0.2) is 0 Å². The summed E-state index contributed by atoms with van der Waals surface area (Å²) in [5.74, 6) is -1.09. The zero-order valence-corrected chi connectivity index (χ0v) is 14.0. The Morgan fingerprint density at radius 3 is 2.32 bits per heavy atom. The number of carbonyl (C=O) groups excluding carboxylic acids is 1. The summed E-state index contributed by atoms with van der Waals surface area (Å²) in [6.07, 6.45) is 1.20. The minimum Gasteiger partial charge on any atom is -0.481 e. The summed E-state index contributed by atoms with van der Waals surface area (Å²) >= 11 is 0. The lowest BCUT2D eigenvalue weighted by molar-refractivity contribution is -0.143. The van der Waals surface area contributed by atoms with Gasteiger partial charge >= 0.3 is 5.97 Å². The van der Waals surface area contributed by atoms with E-state index in [9.17, 15) is 9.59 Å². The van der Waals surface area contributed by atoms with E-state index < -0.39 is 5.97 Å². The Morgan fingerprint density at radius 2 is 1.64 bits per heavy atom. The van der Waals surface area contributed by atoms with Gasteiger partial charge in [-0.05, 0) is 37.6 Å². The van der Waals surface area contributed by atoms with Gasteiger partial charge in [0.05, 0.1) is 12.5 Å². The second-order valence-corrected chi connectivity index (χ2v) is 6.35. The van der Waals surface area contributed by atoms with Gasteiger partial charge in [-0.2, -0.15) is 0 Å². The third kappa shape index (κ3) is 4.45. The van der Waals surface area contributed by atoms with Crippen molar-refractivity contribution < 1.29 is 14.7 Å². The first-order valence-corrected chi connectivity index (χ1v) is 8.53. The quantitative estimate of drug-likeness (QED) is 0.879. The number of carboxylic acids is 1. The molecule has 3 rings (SSSR count). The van der Waals surface area contributed by atoms with Crippen LogP contribution in [0, 0.1) is 5.92 Å². The SMILES string of the molecule is O=C(CN1CCC(C(=O)O)CC1)Nc1ccccc1-c1ccccc1. The van der Waals surface area contributed by atoms with Crippen molar-refractivity contribution >= 4 is 17.6 Å². The summed E-state index contributed by atoms with van der Waals surface area (Å²) in [5, 5.41) is 12.0. The van der Waals surface area contributed by atoms with E-state index in [1.165, 1.54) is 0 Å². The lowest BCUT2D eigenvalue weighted by Gasteiger charge is -2.29. The highest BCUT2D eigenvalue weighted by atomic mass is 16.4. The minimum absolute atomic E-state index is 0.0721. The molecule has 0 aromatic heterocycles. The van der Waals surface area contributed by atoms with Gasteiger partial charge in [0, 0.05) is 11.3 Å². The first-order valence-electron chi connectivity index (χ1n) is 8.53. The third-order valence-corrected chi connectivity index (χ3v) is 4.59. The molecule has 1 heterocycles. The number of benzene rings is 2. The smallest absolute Gasteiger partial charge is 0.306 e. The summed E-state index contributed by atoms with van der Waals surface area (Å²) in [4.78, 5) is 25.4. The van der Waals surface area contributed by atoms with Crippen molar-refractivity contribution in [2.45, 2.75) is 12.8 Å². The zero-order chi connectivity index (χ0) is 17.6. The maximum atomic E-state index is 12.4. The number of rotatable bonds is 5. The normalized spacial score (nSPS) is 15.7.